The lowest BCUT2D eigenvalue weighted by Crippen LogP contribution is -2.36. The van der Waals surface area contributed by atoms with Crippen LogP contribution in [0.1, 0.15) is 19.5 Å². The summed E-state index contributed by atoms with van der Waals surface area (Å²) < 4.78 is 5.00. The van der Waals surface area contributed by atoms with Crippen LogP contribution in [-0.4, -0.2) is 41.4 Å². The van der Waals surface area contributed by atoms with E-state index in [4.69, 9.17) is 22.1 Å². The number of aromatic nitrogens is 2. The summed E-state index contributed by atoms with van der Waals surface area (Å²) in [6, 6.07) is 7.37. The summed E-state index contributed by atoms with van der Waals surface area (Å²) in [5.74, 6) is 0.521. The number of methoxy groups -OCH3 is 1. The fraction of sp³-hybridized carbons (Fsp3) is 0.389. The minimum Gasteiger partial charge on any atom is -0.383 e. The number of rotatable bonds is 8. The van der Waals surface area contributed by atoms with Crippen molar-refractivity contribution in [2.24, 2.45) is 0 Å². The first-order valence-electron chi connectivity index (χ1n) is 8.28. The molecule has 0 radical (unpaired) electrons. The van der Waals surface area contributed by atoms with Gasteiger partial charge in [-0.05, 0) is 31.0 Å². The maximum Gasteiger partial charge on any atom is 0.230 e. The number of benzene rings is 1. The van der Waals surface area contributed by atoms with E-state index in [0.29, 0.717) is 29.0 Å². The SMILES string of the molecule is CCc1nc(SCC(=O)NC(C)COC)nc(N)c1-c1ccc(Cl)cc1. The number of amides is 1. The van der Waals surface area contributed by atoms with Gasteiger partial charge < -0.3 is 15.8 Å². The van der Waals surface area contributed by atoms with E-state index < -0.39 is 0 Å². The number of hydrogen-bond acceptors (Lipinski definition) is 6. The molecular weight excluding hydrogens is 372 g/mol. The topological polar surface area (TPSA) is 90.1 Å². The monoisotopic (exact) mass is 394 g/mol. The average molecular weight is 395 g/mol. The minimum absolute atomic E-state index is 0.0439. The van der Waals surface area contributed by atoms with Gasteiger partial charge in [0, 0.05) is 23.7 Å². The number of nitrogens with one attached hydrogen (secondary N) is 1. The molecule has 0 aliphatic rings. The summed E-state index contributed by atoms with van der Waals surface area (Å²) in [4.78, 5) is 20.9. The van der Waals surface area contributed by atoms with Crippen LogP contribution < -0.4 is 11.1 Å². The molecule has 2 rings (SSSR count). The standard InChI is InChI=1S/C18H23ClN4O2S/c1-4-14-16(12-5-7-13(19)8-6-12)17(20)23-18(22-14)26-10-15(24)21-11(2)9-25-3/h5-8,11H,4,9-10H2,1-3H3,(H,21,24)(H2,20,22,23). The molecule has 8 heteroatoms. The van der Waals surface area contributed by atoms with Crippen LogP contribution in [0.5, 0.6) is 0 Å². The minimum atomic E-state index is -0.0958. The Morgan fingerprint density at radius 1 is 1.35 bits per heavy atom. The number of carbonyl (C=O) groups is 1. The number of thioether (sulfide) groups is 1. The number of carbonyl (C=O) groups excluding carboxylic acids is 1. The highest BCUT2D eigenvalue weighted by atomic mass is 35.5. The second-order valence-electron chi connectivity index (χ2n) is 5.79. The van der Waals surface area contributed by atoms with E-state index in [1.807, 2.05) is 38.1 Å². The number of aryl methyl sites for hydroxylation is 1. The van der Waals surface area contributed by atoms with Gasteiger partial charge >= 0.3 is 0 Å². The van der Waals surface area contributed by atoms with Gasteiger partial charge in [-0.25, -0.2) is 9.97 Å². The van der Waals surface area contributed by atoms with E-state index in [2.05, 4.69) is 15.3 Å². The maximum absolute atomic E-state index is 12.0. The van der Waals surface area contributed by atoms with Gasteiger partial charge in [-0.2, -0.15) is 0 Å². The molecular formula is C18H23ClN4O2S. The zero-order valence-electron chi connectivity index (χ0n) is 15.1. The van der Waals surface area contributed by atoms with Gasteiger partial charge in [-0.15, -0.1) is 0 Å². The first kappa shape index (κ1) is 20.5. The third-order valence-electron chi connectivity index (χ3n) is 3.62. The van der Waals surface area contributed by atoms with Crippen LogP contribution in [0, 0.1) is 0 Å². The number of nitrogens with zero attached hydrogens (tertiary/aromatic N) is 2. The second-order valence-corrected chi connectivity index (χ2v) is 7.17. The molecule has 140 valence electrons. The fourth-order valence-corrected chi connectivity index (χ4v) is 3.30. The highest BCUT2D eigenvalue weighted by molar-refractivity contribution is 7.99. The molecule has 1 aromatic carbocycles. The molecule has 26 heavy (non-hydrogen) atoms. The Kier molecular flexibility index (Phi) is 7.68. The number of hydrogen-bond donors (Lipinski definition) is 2. The molecule has 1 unspecified atom stereocenters. The largest absolute Gasteiger partial charge is 0.383 e. The number of ether oxygens (including phenoxy) is 1. The maximum atomic E-state index is 12.0. The highest BCUT2D eigenvalue weighted by Gasteiger charge is 2.15. The lowest BCUT2D eigenvalue weighted by molar-refractivity contribution is -0.119. The van der Waals surface area contributed by atoms with E-state index in [0.717, 1.165) is 16.8 Å². The van der Waals surface area contributed by atoms with Crippen LogP contribution in [0.15, 0.2) is 29.4 Å². The summed E-state index contributed by atoms with van der Waals surface area (Å²) in [7, 11) is 1.60. The zero-order chi connectivity index (χ0) is 19.1. The van der Waals surface area contributed by atoms with Crippen LogP contribution >= 0.6 is 23.4 Å². The van der Waals surface area contributed by atoms with Crippen molar-refractivity contribution in [3.63, 3.8) is 0 Å². The Bertz CT molecular complexity index is 756. The smallest absolute Gasteiger partial charge is 0.230 e. The van der Waals surface area contributed by atoms with E-state index >= 15 is 0 Å². The Morgan fingerprint density at radius 3 is 2.65 bits per heavy atom. The molecule has 1 aromatic heterocycles. The molecule has 2 aromatic rings. The summed E-state index contributed by atoms with van der Waals surface area (Å²) in [5, 5.41) is 4.00. The van der Waals surface area contributed by atoms with Gasteiger partial charge in [0.25, 0.3) is 0 Å². The molecule has 0 aliphatic heterocycles. The second kappa shape index (κ2) is 9.75. The Balaban J connectivity index is 2.13. The van der Waals surface area contributed by atoms with Crippen LogP contribution in [0.4, 0.5) is 5.82 Å². The van der Waals surface area contributed by atoms with Crippen LogP contribution in [0.3, 0.4) is 0 Å². The number of nitrogen functional groups attached to an aromatic ring is 1. The van der Waals surface area contributed by atoms with Gasteiger partial charge in [0.1, 0.15) is 5.82 Å². The Labute approximate surface area is 162 Å². The average Bonchev–Trinajstić information content (AvgIpc) is 2.60. The molecule has 0 bridgehead atoms. The van der Waals surface area contributed by atoms with E-state index in [1.54, 1.807) is 7.11 Å². The van der Waals surface area contributed by atoms with Crippen molar-refractivity contribution in [3.05, 3.63) is 35.0 Å². The molecule has 0 aliphatic carbocycles. The predicted octanol–water partition coefficient (Wildman–Crippen LogP) is 3.18. The first-order chi connectivity index (χ1) is 12.4. The quantitative estimate of drug-likeness (QED) is 0.528. The summed E-state index contributed by atoms with van der Waals surface area (Å²) >= 11 is 7.22. The normalized spacial score (nSPS) is 12.0. The van der Waals surface area contributed by atoms with E-state index in [1.165, 1.54) is 11.8 Å². The van der Waals surface area contributed by atoms with E-state index in [-0.39, 0.29) is 17.7 Å². The molecule has 0 saturated carbocycles. The molecule has 1 amide bonds. The number of halogens is 1. The van der Waals surface area contributed by atoms with Crippen LogP contribution in [0.25, 0.3) is 11.1 Å². The van der Waals surface area contributed by atoms with Gasteiger partial charge in [0.15, 0.2) is 5.16 Å². The van der Waals surface area contributed by atoms with Crippen molar-refractivity contribution in [1.82, 2.24) is 15.3 Å². The van der Waals surface area contributed by atoms with Crippen molar-refractivity contribution in [1.29, 1.82) is 0 Å². The Hall–Kier alpha value is -1.83. The van der Waals surface area contributed by atoms with Crippen molar-refractivity contribution < 1.29 is 9.53 Å². The zero-order valence-corrected chi connectivity index (χ0v) is 16.7. The fourth-order valence-electron chi connectivity index (χ4n) is 2.49. The number of nitrogens with two attached hydrogens (primary N) is 1. The van der Waals surface area contributed by atoms with Gasteiger partial charge in [0.2, 0.25) is 5.91 Å². The van der Waals surface area contributed by atoms with E-state index in [9.17, 15) is 4.79 Å². The first-order valence-corrected chi connectivity index (χ1v) is 9.64. The highest BCUT2D eigenvalue weighted by Crippen LogP contribution is 2.30. The molecule has 0 spiro atoms. The van der Waals surface area contributed by atoms with Crippen LogP contribution in [0.2, 0.25) is 5.02 Å². The predicted molar refractivity (Wildman–Crippen MR) is 106 cm³/mol. The summed E-state index contributed by atoms with van der Waals surface area (Å²) in [5.41, 5.74) is 8.76. The number of anilines is 1. The molecule has 1 atom stereocenters. The van der Waals surface area contributed by atoms with Crippen molar-refractivity contribution in [3.8, 4) is 11.1 Å². The molecule has 1 heterocycles. The van der Waals surface area contributed by atoms with Crippen molar-refractivity contribution in [2.75, 3.05) is 25.2 Å². The third-order valence-corrected chi connectivity index (χ3v) is 4.71. The summed E-state index contributed by atoms with van der Waals surface area (Å²) in [6.07, 6.45) is 0.704. The van der Waals surface area contributed by atoms with Gasteiger partial charge in [-0.3, -0.25) is 4.79 Å². The van der Waals surface area contributed by atoms with Crippen LogP contribution in [-0.2, 0) is 16.0 Å². The van der Waals surface area contributed by atoms with Crippen molar-refractivity contribution >= 4 is 35.1 Å². The molecule has 0 saturated heterocycles. The Morgan fingerprint density at radius 2 is 2.04 bits per heavy atom. The van der Waals surface area contributed by atoms with Gasteiger partial charge in [-0.1, -0.05) is 42.4 Å². The molecule has 0 fully saturated rings. The summed E-state index contributed by atoms with van der Waals surface area (Å²) in [6.45, 7) is 4.36. The lowest BCUT2D eigenvalue weighted by Gasteiger charge is -2.14. The lowest BCUT2D eigenvalue weighted by atomic mass is 10.0. The molecule has 3 N–H and O–H groups in total. The van der Waals surface area contributed by atoms with Gasteiger partial charge in [0.05, 0.1) is 18.1 Å². The van der Waals surface area contributed by atoms with Crippen molar-refractivity contribution in [2.45, 2.75) is 31.5 Å². The third kappa shape index (κ3) is 5.59. The molecule has 6 nitrogen and oxygen atoms in total.